The maximum absolute atomic E-state index is 5.17. The van der Waals surface area contributed by atoms with Gasteiger partial charge in [0.1, 0.15) is 5.75 Å². The Bertz CT molecular complexity index is 570. The molecule has 0 bridgehead atoms. The molecule has 0 fully saturated rings. The van der Waals surface area contributed by atoms with Crippen molar-refractivity contribution in [2.24, 2.45) is 5.41 Å². The van der Waals surface area contributed by atoms with Gasteiger partial charge < -0.3 is 4.74 Å². The van der Waals surface area contributed by atoms with Crippen LogP contribution in [0.25, 0.3) is 6.08 Å². The molecule has 0 saturated heterocycles. The summed E-state index contributed by atoms with van der Waals surface area (Å²) in [6.45, 7) is 7.01. The fourth-order valence-electron chi connectivity index (χ4n) is 3.19. The number of benzene rings is 1. The highest BCUT2D eigenvalue weighted by molar-refractivity contribution is 5.50. The molecule has 22 heavy (non-hydrogen) atoms. The van der Waals surface area contributed by atoms with E-state index in [1.54, 1.807) is 12.7 Å². The Morgan fingerprint density at radius 3 is 2.41 bits per heavy atom. The SMILES string of the molecule is COc1ccc(/C=C/C/C=C/C2=C(C)CCCC2(C)C)cc1. The highest BCUT2D eigenvalue weighted by Gasteiger charge is 2.26. The second-order valence-electron chi connectivity index (χ2n) is 6.75. The molecule has 0 spiro atoms. The summed E-state index contributed by atoms with van der Waals surface area (Å²) in [5.74, 6) is 0.902. The molecule has 118 valence electrons. The maximum Gasteiger partial charge on any atom is 0.118 e. The quantitative estimate of drug-likeness (QED) is 0.630. The van der Waals surface area contributed by atoms with Crippen LogP contribution in [0.1, 0.15) is 52.0 Å². The normalized spacial score (nSPS) is 18.4. The van der Waals surface area contributed by atoms with Gasteiger partial charge in [-0.2, -0.15) is 0 Å². The van der Waals surface area contributed by atoms with Gasteiger partial charge in [-0.3, -0.25) is 0 Å². The summed E-state index contributed by atoms with van der Waals surface area (Å²) in [5.41, 5.74) is 4.64. The van der Waals surface area contributed by atoms with Gasteiger partial charge in [0.05, 0.1) is 7.11 Å². The first-order valence-electron chi connectivity index (χ1n) is 8.20. The number of hydrogen-bond donors (Lipinski definition) is 0. The molecule has 1 nitrogen and oxygen atoms in total. The molecule has 0 unspecified atom stereocenters. The molecular formula is C21H28O. The molecule has 0 aliphatic heterocycles. The predicted octanol–water partition coefficient (Wildman–Crippen LogP) is 6.18. The molecule has 1 heteroatoms. The van der Waals surface area contributed by atoms with Crippen molar-refractivity contribution in [3.05, 3.63) is 59.2 Å². The van der Waals surface area contributed by atoms with Crippen LogP contribution in [0.4, 0.5) is 0 Å². The predicted molar refractivity (Wildman–Crippen MR) is 96.1 cm³/mol. The van der Waals surface area contributed by atoms with Gasteiger partial charge in [-0.1, -0.05) is 55.9 Å². The number of methoxy groups -OCH3 is 1. The van der Waals surface area contributed by atoms with Gasteiger partial charge in [0.2, 0.25) is 0 Å². The van der Waals surface area contributed by atoms with Crippen LogP contribution >= 0.6 is 0 Å². The van der Waals surface area contributed by atoms with E-state index in [1.165, 1.54) is 30.4 Å². The maximum atomic E-state index is 5.17. The van der Waals surface area contributed by atoms with Crippen LogP contribution in [-0.4, -0.2) is 7.11 Å². The summed E-state index contributed by atoms with van der Waals surface area (Å²) in [6.07, 6.45) is 13.8. The first kappa shape index (κ1) is 16.6. The van der Waals surface area contributed by atoms with E-state index in [0.29, 0.717) is 5.41 Å². The topological polar surface area (TPSA) is 9.23 Å². The van der Waals surface area contributed by atoms with E-state index in [9.17, 15) is 0 Å². The number of allylic oxidation sites excluding steroid dienone is 5. The second-order valence-corrected chi connectivity index (χ2v) is 6.75. The monoisotopic (exact) mass is 296 g/mol. The van der Waals surface area contributed by atoms with E-state index in [0.717, 1.165) is 12.2 Å². The van der Waals surface area contributed by atoms with E-state index in [-0.39, 0.29) is 0 Å². The number of rotatable bonds is 5. The lowest BCUT2D eigenvalue weighted by Crippen LogP contribution is -2.18. The molecule has 1 aliphatic rings. The Kier molecular flexibility index (Phi) is 5.65. The van der Waals surface area contributed by atoms with Gasteiger partial charge in [0, 0.05) is 0 Å². The Morgan fingerprint density at radius 1 is 1.09 bits per heavy atom. The number of ether oxygens (including phenoxy) is 1. The van der Waals surface area contributed by atoms with Crippen molar-refractivity contribution in [2.75, 3.05) is 7.11 Å². The molecule has 1 aromatic carbocycles. The second kappa shape index (κ2) is 7.49. The van der Waals surface area contributed by atoms with Crippen LogP contribution in [0.3, 0.4) is 0 Å². The van der Waals surface area contributed by atoms with E-state index in [1.807, 2.05) is 12.1 Å². The molecule has 0 atom stereocenters. The third-order valence-corrected chi connectivity index (χ3v) is 4.53. The van der Waals surface area contributed by atoms with Gasteiger partial charge >= 0.3 is 0 Å². The fraction of sp³-hybridized carbons (Fsp3) is 0.429. The average molecular weight is 296 g/mol. The van der Waals surface area contributed by atoms with Gasteiger partial charge in [-0.25, -0.2) is 0 Å². The molecule has 0 aromatic heterocycles. The third kappa shape index (κ3) is 4.37. The van der Waals surface area contributed by atoms with Crippen LogP contribution in [0.2, 0.25) is 0 Å². The Balaban J connectivity index is 1.93. The summed E-state index contributed by atoms with van der Waals surface area (Å²) in [7, 11) is 1.69. The summed E-state index contributed by atoms with van der Waals surface area (Å²) in [5, 5.41) is 0. The molecule has 2 rings (SSSR count). The molecule has 1 aromatic rings. The lowest BCUT2D eigenvalue weighted by atomic mass is 9.72. The zero-order valence-corrected chi connectivity index (χ0v) is 14.4. The molecule has 0 N–H and O–H groups in total. The minimum Gasteiger partial charge on any atom is -0.497 e. The van der Waals surface area contributed by atoms with Crippen LogP contribution in [0.5, 0.6) is 5.75 Å². The van der Waals surface area contributed by atoms with Gasteiger partial charge in [-0.05, 0) is 61.3 Å². The fourth-order valence-corrected chi connectivity index (χ4v) is 3.19. The van der Waals surface area contributed by atoms with Crippen molar-refractivity contribution in [1.29, 1.82) is 0 Å². The minimum absolute atomic E-state index is 0.332. The van der Waals surface area contributed by atoms with Crippen molar-refractivity contribution >= 4 is 6.08 Å². The minimum atomic E-state index is 0.332. The average Bonchev–Trinajstić information content (AvgIpc) is 2.49. The third-order valence-electron chi connectivity index (χ3n) is 4.53. The van der Waals surface area contributed by atoms with Crippen LogP contribution in [-0.2, 0) is 0 Å². The van der Waals surface area contributed by atoms with Crippen molar-refractivity contribution < 1.29 is 4.74 Å². The van der Waals surface area contributed by atoms with Crippen molar-refractivity contribution in [3.63, 3.8) is 0 Å². The first-order valence-corrected chi connectivity index (χ1v) is 8.20. The molecule has 1 aliphatic carbocycles. The highest BCUT2D eigenvalue weighted by Crippen LogP contribution is 2.40. The summed E-state index contributed by atoms with van der Waals surface area (Å²) in [6, 6.07) is 8.15. The van der Waals surface area contributed by atoms with E-state index in [4.69, 9.17) is 4.74 Å². The van der Waals surface area contributed by atoms with E-state index in [2.05, 4.69) is 57.2 Å². The molecule has 0 heterocycles. The smallest absolute Gasteiger partial charge is 0.118 e. The molecule has 0 amide bonds. The van der Waals surface area contributed by atoms with Crippen molar-refractivity contribution in [2.45, 2.75) is 46.5 Å². The summed E-state index contributed by atoms with van der Waals surface area (Å²) >= 11 is 0. The van der Waals surface area contributed by atoms with Crippen LogP contribution in [0, 0.1) is 5.41 Å². The summed E-state index contributed by atoms with van der Waals surface area (Å²) in [4.78, 5) is 0. The zero-order chi connectivity index (χ0) is 16.0. The van der Waals surface area contributed by atoms with Crippen LogP contribution in [0.15, 0.2) is 53.6 Å². The lowest BCUT2D eigenvalue weighted by molar-refractivity contribution is 0.376. The van der Waals surface area contributed by atoms with Gasteiger partial charge in [0.15, 0.2) is 0 Å². The zero-order valence-electron chi connectivity index (χ0n) is 14.4. The summed E-state index contributed by atoms with van der Waals surface area (Å²) < 4.78 is 5.17. The Hall–Kier alpha value is -1.76. The van der Waals surface area contributed by atoms with Crippen molar-refractivity contribution in [1.82, 2.24) is 0 Å². The van der Waals surface area contributed by atoms with E-state index >= 15 is 0 Å². The van der Waals surface area contributed by atoms with Crippen LogP contribution < -0.4 is 4.74 Å². The Morgan fingerprint density at radius 2 is 1.77 bits per heavy atom. The largest absolute Gasteiger partial charge is 0.497 e. The molecule has 0 radical (unpaired) electrons. The van der Waals surface area contributed by atoms with Crippen molar-refractivity contribution in [3.8, 4) is 5.75 Å². The first-order chi connectivity index (χ1) is 10.5. The highest BCUT2D eigenvalue weighted by atomic mass is 16.5. The lowest BCUT2D eigenvalue weighted by Gasteiger charge is -2.32. The van der Waals surface area contributed by atoms with E-state index < -0.39 is 0 Å². The standard InChI is InChI=1S/C21H28O/c1-17-9-8-16-21(2,3)20(17)11-7-5-6-10-18-12-14-19(22-4)15-13-18/h6-7,10-15H,5,8-9,16H2,1-4H3/b10-6+,11-7+. The molecule has 0 saturated carbocycles. The molecular weight excluding hydrogens is 268 g/mol. The number of hydrogen-bond acceptors (Lipinski definition) is 1. The van der Waals surface area contributed by atoms with Gasteiger partial charge in [0.25, 0.3) is 0 Å². The van der Waals surface area contributed by atoms with Gasteiger partial charge in [-0.15, -0.1) is 0 Å². The Labute approximate surface area is 135 Å².